The molecule has 5 nitrogen and oxygen atoms in total. The summed E-state index contributed by atoms with van der Waals surface area (Å²) in [5, 5.41) is 3.84. The number of rotatable bonds is 1. The van der Waals surface area contributed by atoms with Crippen molar-refractivity contribution in [1.29, 1.82) is 0 Å². The Labute approximate surface area is 109 Å². The molecule has 3 heterocycles. The summed E-state index contributed by atoms with van der Waals surface area (Å²) < 4.78 is 0. The number of nitrogens with one attached hydrogen (secondary N) is 1. The smallest absolute Gasteiger partial charge is 0.235 e. The summed E-state index contributed by atoms with van der Waals surface area (Å²) in [6.45, 7) is 1.71. The largest absolute Gasteiger partial charge is 0.311 e. The first-order valence-corrected chi connectivity index (χ1v) is 7.12. The minimum absolute atomic E-state index is 0.100. The van der Waals surface area contributed by atoms with Gasteiger partial charge in [-0.1, -0.05) is 11.3 Å². The molecule has 1 fully saturated rings. The maximum absolute atomic E-state index is 12.0. The number of imide groups is 1. The molecule has 1 saturated heterocycles. The van der Waals surface area contributed by atoms with Crippen molar-refractivity contribution in [1.82, 2.24) is 10.3 Å². The molecule has 0 saturated carbocycles. The van der Waals surface area contributed by atoms with E-state index in [9.17, 15) is 9.59 Å². The molecule has 0 bridgehead atoms. The molecule has 1 aromatic heterocycles. The van der Waals surface area contributed by atoms with Crippen molar-refractivity contribution in [3.05, 3.63) is 10.6 Å². The Morgan fingerprint density at radius 3 is 2.50 bits per heavy atom. The van der Waals surface area contributed by atoms with Crippen molar-refractivity contribution in [3.63, 3.8) is 0 Å². The van der Waals surface area contributed by atoms with E-state index in [0.717, 1.165) is 42.9 Å². The van der Waals surface area contributed by atoms with Gasteiger partial charge in [0.25, 0.3) is 0 Å². The maximum Gasteiger partial charge on any atom is 0.235 e. The van der Waals surface area contributed by atoms with Crippen LogP contribution in [0.1, 0.15) is 36.3 Å². The highest BCUT2D eigenvalue weighted by Crippen LogP contribution is 2.30. The fourth-order valence-electron chi connectivity index (χ4n) is 2.34. The SMILES string of the molecule is O=C1CCCCC(=O)N1c1nc2c(s1)CNCC2. The minimum atomic E-state index is -0.100. The van der Waals surface area contributed by atoms with Crippen LogP contribution >= 0.6 is 11.3 Å². The third kappa shape index (κ3) is 2.06. The van der Waals surface area contributed by atoms with Gasteiger partial charge in [0, 0.05) is 37.2 Å². The second kappa shape index (κ2) is 4.78. The first kappa shape index (κ1) is 11.8. The number of amides is 2. The van der Waals surface area contributed by atoms with Gasteiger partial charge in [0.2, 0.25) is 11.8 Å². The first-order chi connectivity index (χ1) is 8.75. The Hall–Kier alpha value is -1.27. The number of anilines is 1. The average molecular weight is 265 g/mol. The van der Waals surface area contributed by atoms with Crippen LogP contribution in [0, 0.1) is 0 Å². The molecule has 0 spiro atoms. The van der Waals surface area contributed by atoms with Crippen LogP contribution in [0.2, 0.25) is 0 Å². The summed E-state index contributed by atoms with van der Waals surface area (Å²) in [7, 11) is 0. The zero-order valence-electron chi connectivity index (χ0n) is 10.1. The molecule has 1 N–H and O–H groups in total. The summed E-state index contributed by atoms with van der Waals surface area (Å²) in [6.07, 6.45) is 3.38. The van der Waals surface area contributed by atoms with Crippen molar-refractivity contribution in [3.8, 4) is 0 Å². The van der Waals surface area contributed by atoms with E-state index < -0.39 is 0 Å². The number of hydrogen-bond acceptors (Lipinski definition) is 5. The summed E-state index contributed by atoms with van der Waals surface area (Å²) >= 11 is 1.47. The number of carbonyl (C=O) groups is 2. The Morgan fingerprint density at radius 2 is 1.83 bits per heavy atom. The van der Waals surface area contributed by atoms with Gasteiger partial charge in [-0.3, -0.25) is 9.59 Å². The van der Waals surface area contributed by atoms with E-state index in [2.05, 4.69) is 10.3 Å². The summed E-state index contributed by atoms with van der Waals surface area (Å²) in [5.74, 6) is -0.201. The van der Waals surface area contributed by atoms with Crippen LogP contribution in [0.3, 0.4) is 0 Å². The molecule has 3 rings (SSSR count). The molecule has 0 aliphatic carbocycles. The van der Waals surface area contributed by atoms with Gasteiger partial charge in [0.05, 0.1) is 5.69 Å². The van der Waals surface area contributed by atoms with Gasteiger partial charge in [0.1, 0.15) is 0 Å². The summed E-state index contributed by atoms with van der Waals surface area (Å²) in [5.41, 5.74) is 1.04. The Balaban J connectivity index is 1.94. The number of carbonyl (C=O) groups excluding carboxylic acids is 2. The van der Waals surface area contributed by atoms with E-state index >= 15 is 0 Å². The third-order valence-corrected chi connectivity index (χ3v) is 4.40. The minimum Gasteiger partial charge on any atom is -0.311 e. The second-order valence-electron chi connectivity index (χ2n) is 4.62. The Morgan fingerprint density at radius 1 is 1.11 bits per heavy atom. The van der Waals surface area contributed by atoms with Crippen molar-refractivity contribution < 1.29 is 9.59 Å². The summed E-state index contributed by atoms with van der Waals surface area (Å²) in [6, 6.07) is 0. The zero-order valence-corrected chi connectivity index (χ0v) is 10.9. The molecule has 2 aliphatic heterocycles. The normalized spacial score (nSPS) is 20.8. The van der Waals surface area contributed by atoms with Gasteiger partial charge < -0.3 is 5.32 Å². The number of aromatic nitrogens is 1. The Kier molecular flexibility index (Phi) is 3.13. The molecule has 2 aliphatic rings. The van der Waals surface area contributed by atoms with Crippen LogP contribution in [0.4, 0.5) is 5.13 Å². The molecule has 0 radical (unpaired) electrons. The predicted octanol–water partition coefficient (Wildman–Crippen LogP) is 1.22. The summed E-state index contributed by atoms with van der Waals surface area (Å²) in [4.78, 5) is 30.9. The monoisotopic (exact) mass is 265 g/mol. The average Bonchev–Trinajstić information content (AvgIpc) is 2.70. The number of hydrogen-bond donors (Lipinski definition) is 1. The predicted molar refractivity (Wildman–Crippen MR) is 68.5 cm³/mol. The van der Waals surface area contributed by atoms with E-state index in [-0.39, 0.29) is 11.8 Å². The van der Waals surface area contributed by atoms with Crippen LogP contribution in [-0.4, -0.2) is 23.3 Å². The van der Waals surface area contributed by atoms with Crippen molar-refractivity contribution in [2.75, 3.05) is 11.4 Å². The van der Waals surface area contributed by atoms with Gasteiger partial charge in [-0.05, 0) is 12.8 Å². The van der Waals surface area contributed by atoms with E-state index in [1.54, 1.807) is 0 Å². The van der Waals surface area contributed by atoms with Crippen molar-refractivity contribution in [2.24, 2.45) is 0 Å². The van der Waals surface area contributed by atoms with Crippen LogP contribution in [0.25, 0.3) is 0 Å². The molecule has 18 heavy (non-hydrogen) atoms. The van der Waals surface area contributed by atoms with Gasteiger partial charge >= 0.3 is 0 Å². The lowest BCUT2D eigenvalue weighted by Crippen LogP contribution is -2.35. The van der Waals surface area contributed by atoms with Crippen LogP contribution in [-0.2, 0) is 22.6 Å². The van der Waals surface area contributed by atoms with Crippen LogP contribution in [0.15, 0.2) is 0 Å². The molecule has 0 aromatic carbocycles. The van der Waals surface area contributed by atoms with Crippen LogP contribution in [0.5, 0.6) is 0 Å². The standard InChI is InChI=1S/C12H15N3O2S/c16-10-3-1-2-4-11(17)15(10)12-14-8-5-6-13-7-9(8)18-12/h13H,1-7H2. The highest BCUT2D eigenvalue weighted by Gasteiger charge is 2.29. The lowest BCUT2D eigenvalue weighted by molar-refractivity contribution is -0.125. The third-order valence-electron chi connectivity index (χ3n) is 3.31. The number of fused-ring (bicyclic) bond motifs is 1. The van der Waals surface area contributed by atoms with Crippen molar-refractivity contribution >= 4 is 28.3 Å². The fourth-order valence-corrected chi connectivity index (χ4v) is 3.45. The highest BCUT2D eigenvalue weighted by molar-refractivity contribution is 7.16. The van der Waals surface area contributed by atoms with E-state index in [1.165, 1.54) is 16.2 Å². The molecule has 0 atom stereocenters. The van der Waals surface area contributed by atoms with Gasteiger partial charge in [0.15, 0.2) is 5.13 Å². The molecule has 1 aromatic rings. The topological polar surface area (TPSA) is 62.3 Å². The van der Waals surface area contributed by atoms with E-state index in [1.807, 2.05) is 0 Å². The first-order valence-electron chi connectivity index (χ1n) is 6.31. The molecule has 0 unspecified atom stereocenters. The second-order valence-corrected chi connectivity index (χ2v) is 5.69. The molecule has 96 valence electrons. The van der Waals surface area contributed by atoms with Crippen molar-refractivity contribution in [2.45, 2.75) is 38.6 Å². The van der Waals surface area contributed by atoms with E-state index in [4.69, 9.17) is 0 Å². The fraction of sp³-hybridized carbons (Fsp3) is 0.583. The zero-order chi connectivity index (χ0) is 12.5. The molecule has 2 amide bonds. The van der Waals surface area contributed by atoms with Crippen LogP contribution < -0.4 is 10.2 Å². The van der Waals surface area contributed by atoms with Gasteiger partial charge in [-0.2, -0.15) is 0 Å². The maximum atomic E-state index is 12.0. The highest BCUT2D eigenvalue weighted by atomic mass is 32.1. The number of thiazole rings is 1. The molecular weight excluding hydrogens is 250 g/mol. The van der Waals surface area contributed by atoms with Gasteiger partial charge in [-0.25, -0.2) is 9.88 Å². The van der Waals surface area contributed by atoms with Gasteiger partial charge in [-0.15, -0.1) is 0 Å². The number of nitrogens with zero attached hydrogens (tertiary/aromatic N) is 2. The van der Waals surface area contributed by atoms with E-state index in [0.29, 0.717) is 18.0 Å². The Bertz CT molecular complexity index is 456. The lowest BCUT2D eigenvalue weighted by atomic mass is 10.2. The molecule has 6 heteroatoms. The lowest BCUT2D eigenvalue weighted by Gasteiger charge is -2.14. The quantitative estimate of drug-likeness (QED) is 0.776. The molecular formula is C12H15N3O2S.